The maximum atomic E-state index is 11.4. The minimum Gasteiger partial charge on any atom is -0.490 e. The van der Waals surface area contributed by atoms with Crippen LogP contribution in [0.3, 0.4) is 0 Å². The zero-order chi connectivity index (χ0) is 21.2. The Bertz CT molecular complexity index is 815. The normalized spacial score (nSPS) is 11.9. The highest BCUT2D eigenvalue weighted by atomic mass is 35.5. The Kier molecular flexibility index (Phi) is 9.64. The summed E-state index contributed by atoms with van der Waals surface area (Å²) in [5, 5.41) is 13.0. The van der Waals surface area contributed by atoms with Crippen molar-refractivity contribution < 1.29 is 19.4 Å². The molecule has 0 amide bonds. The van der Waals surface area contributed by atoms with Gasteiger partial charge < -0.3 is 19.9 Å². The number of carboxylic acid groups (broad SMARTS) is 1. The Morgan fingerprint density at radius 2 is 1.93 bits per heavy atom. The average Bonchev–Trinajstić information content (AvgIpc) is 2.69. The zero-order valence-electron chi connectivity index (χ0n) is 17.0. The fourth-order valence-corrected chi connectivity index (χ4v) is 3.49. The number of hydrogen-bond acceptors (Lipinski definition) is 5. The van der Waals surface area contributed by atoms with Gasteiger partial charge in [0.05, 0.1) is 6.61 Å². The van der Waals surface area contributed by atoms with Crippen molar-refractivity contribution in [1.29, 1.82) is 0 Å². The van der Waals surface area contributed by atoms with Gasteiger partial charge in [-0.25, -0.2) is 0 Å². The average molecular weight is 438 g/mol. The lowest BCUT2D eigenvalue weighted by molar-refractivity contribution is -0.139. The number of thioether (sulfide) groups is 1. The van der Waals surface area contributed by atoms with Crippen molar-refractivity contribution >= 4 is 29.3 Å². The van der Waals surface area contributed by atoms with Crippen LogP contribution in [0.4, 0.5) is 0 Å². The van der Waals surface area contributed by atoms with Crippen LogP contribution in [0.15, 0.2) is 36.4 Å². The van der Waals surface area contributed by atoms with E-state index in [0.717, 1.165) is 22.4 Å². The van der Waals surface area contributed by atoms with E-state index in [1.807, 2.05) is 50.4 Å². The Morgan fingerprint density at radius 3 is 2.59 bits per heavy atom. The number of aryl methyl sites for hydroxylation is 1. The highest BCUT2D eigenvalue weighted by Gasteiger charge is 2.18. The molecule has 2 N–H and O–H groups in total. The van der Waals surface area contributed by atoms with E-state index >= 15 is 0 Å². The molecule has 0 radical (unpaired) electrons. The highest BCUT2D eigenvalue weighted by molar-refractivity contribution is 7.98. The summed E-state index contributed by atoms with van der Waals surface area (Å²) in [6, 6.07) is 11.0. The Morgan fingerprint density at radius 1 is 1.21 bits per heavy atom. The first-order valence-corrected chi connectivity index (χ1v) is 11.3. The second-order valence-electron chi connectivity index (χ2n) is 6.59. The van der Waals surface area contributed by atoms with Gasteiger partial charge in [-0.15, -0.1) is 0 Å². The van der Waals surface area contributed by atoms with Crippen LogP contribution in [0.5, 0.6) is 11.5 Å². The summed E-state index contributed by atoms with van der Waals surface area (Å²) in [5.74, 6) is 1.07. The van der Waals surface area contributed by atoms with E-state index in [1.54, 1.807) is 17.8 Å². The predicted molar refractivity (Wildman–Crippen MR) is 119 cm³/mol. The predicted octanol–water partition coefficient (Wildman–Crippen LogP) is 4.92. The number of benzene rings is 2. The SMILES string of the molecule is CCOc1cc(CNC(CCSC)C(=O)O)c(Cl)cc1OCc1ccccc1C. The smallest absolute Gasteiger partial charge is 0.320 e. The minimum atomic E-state index is -0.863. The van der Waals surface area contributed by atoms with E-state index < -0.39 is 12.0 Å². The summed E-state index contributed by atoms with van der Waals surface area (Å²) >= 11 is 8.08. The van der Waals surface area contributed by atoms with Crippen LogP contribution in [0.25, 0.3) is 0 Å². The molecular formula is C22H28ClNO4S. The van der Waals surface area contributed by atoms with E-state index in [0.29, 0.717) is 42.7 Å². The summed E-state index contributed by atoms with van der Waals surface area (Å²) in [5.41, 5.74) is 3.02. The van der Waals surface area contributed by atoms with Gasteiger partial charge in [-0.05, 0) is 55.0 Å². The molecule has 0 spiro atoms. The van der Waals surface area contributed by atoms with E-state index in [-0.39, 0.29) is 0 Å². The maximum Gasteiger partial charge on any atom is 0.320 e. The number of carboxylic acids is 1. The van der Waals surface area contributed by atoms with Gasteiger partial charge in [0.15, 0.2) is 11.5 Å². The molecule has 0 saturated carbocycles. The number of ether oxygens (including phenoxy) is 2. The number of aliphatic carboxylic acids is 1. The monoisotopic (exact) mass is 437 g/mol. The van der Waals surface area contributed by atoms with Crippen LogP contribution in [-0.4, -0.2) is 35.7 Å². The van der Waals surface area contributed by atoms with Gasteiger partial charge in [-0.1, -0.05) is 35.9 Å². The maximum absolute atomic E-state index is 11.4. The van der Waals surface area contributed by atoms with Crippen molar-refractivity contribution in [3.63, 3.8) is 0 Å². The Labute approximate surface area is 181 Å². The van der Waals surface area contributed by atoms with Gasteiger partial charge in [0.2, 0.25) is 0 Å². The molecule has 1 atom stereocenters. The first-order chi connectivity index (χ1) is 14.0. The van der Waals surface area contributed by atoms with E-state index in [4.69, 9.17) is 21.1 Å². The highest BCUT2D eigenvalue weighted by Crippen LogP contribution is 2.34. The van der Waals surface area contributed by atoms with Gasteiger partial charge in [0.1, 0.15) is 12.6 Å². The molecule has 0 bridgehead atoms. The Balaban J connectivity index is 2.13. The molecule has 0 heterocycles. The number of rotatable bonds is 12. The fraction of sp³-hybridized carbons (Fsp3) is 0.409. The van der Waals surface area contributed by atoms with Crippen LogP contribution in [-0.2, 0) is 17.9 Å². The molecule has 1 unspecified atom stereocenters. The van der Waals surface area contributed by atoms with Crippen LogP contribution in [0.2, 0.25) is 5.02 Å². The summed E-state index contributed by atoms with van der Waals surface area (Å²) < 4.78 is 11.7. The molecular weight excluding hydrogens is 410 g/mol. The first-order valence-electron chi connectivity index (χ1n) is 9.53. The standard InChI is InChI=1S/C22H28ClNO4S/c1-4-27-20-11-17(13-24-19(22(25)26)9-10-29-3)18(23)12-21(20)28-14-16-8-6-5-7-15(16)2/h5-8,11-12,19,24H,4,9-10,13-14H2,1-3H3,(H,25,26). The molecule has 0 aliphatic heterocycles. The van der Waals surface area contributed by atoms with E-state index in [1.165, 1.54) is 0 Å². The van der Waals surface area contributed by atoms with Crippen LogP contribution >= 0.6 is 23.4 Å². The van der Waals surface area contributed by atoms with Gasteiger partial charge in [0.25, 0.3) is 0 Å². The van der Waals surface area contributed by atoms with Crippen molar-refractivity contribution in [3.05, 3.63) is 58.1 Å². The summed E-state index contributed by atoms with van der Waals surface area (Å²) in [6.45, 7) is 5.18. The van der Waals surface area contributed by atoms with Gasteiger partial charge in [-0.3, -0.25) is 4.79 Å². The molecule has 0 aliphatic carbocycles. The number of hydrogen-bond donors (Lipinski definition) is 2. The van der Waals surface area contributed by atoms with Crippen molar-refractivity contribution in [2.75, 3.05) is 18.6 Å². The summed E-state index contributed by atoms with van der Waals surface area (Å²) in [4.78, 5) is 11.4. The third kappa shape index (κ3) is 7.14. The molecule has 0 aliphatic rings. The second kappa shape index (κ2) is 12.0. The largest absolute Gasteiger partial charge is 0.490 e. The molecule has 0 aromatic heterocycles. The van der Waals surface area contributed by atoms with Gasteiger partial charge >= 0.3 is 5.97 Å². The first kappa shape index (κ1) is 23.4. The van der Waals surface area contributed by atoms with Crippen LogP contribution < -0.4 is 14.8 Å². The summed E-state index contributed by atoms with van der Waals surface area (Å²) in [7, 11) is 0. The molecule has 2 rings (SSSR count). The fourth-order valence-electron chi connectivity index (χ4n) is 2.80. The van der Waals surface area contributed by atoms with Crippen molar-refractivity contribution in [3.8, 4) is 11.5 Å². The molecule has 0 fully saturated rings. The molecule has 2 aromatic carbocycles. The molecule has 2 aromatic rings. The lowest BCUT2D eigenvalue weighted by Gasteiger charge is -2.18. The summed E-state index contributed by atoms with van der Waals surface area (Å²) in [6.07, 6.45) is 2.50. The third-order valence-corrected chi connectivity index (χ3v) is 5.50. The zero-order valence-corrected chi connectivity index (χ0v) is 18.6. The van der Waals surface area contributed by atoms with Gasteiger partial charge in [0, 0.05) is 17.6 Å². The lowest BCUT2D eigenvalue weighted by Crippen LogP contribution is -2.36. The molecule has 29 heavy (non-hydrogen) atoms. The molecule has 158 valence electrons. The third-order valence-electron chi connectivity index (χ3n) is 4.50. The van der Waals surface area contributed by atoms with Crippen molar-refractivity contribution in [1.82, 2.24) is 5.32 Å². The quantitative estimate of drug-likeness (QED) is 0.491. The molecule has 0 saturated heterocycles. The topological polar surface area (TPSA) is 67.8 Å². The van der Waals surface area contributed by atoms with Crippen molar-refractivity contribution in [2.24, 2.45) is 0 Å². The number of carbonyl (C=O) groups is 1. The van der Waals surface area contributed by atoms with E-state index in [2.05, 4.69) is 5.32 Å². The minimum absolute atomic E-state index is 0.336. The van der Waals surface area contributed by atoms with Crippen LogP contribution in [0, 0.1) is 6.92 Å². The Hall–Kier alpha value is -1.89. The number of halogens is 1. The molecule has 5 nitrogen and oxygen atoms in total. The van der Waals surface area contributed by atoms with Crippen molar-refractivity contribution in [2.45, 2.75) is 39.5 Å². The second-order valence-corrected chi connectivity index (χ2v) is 7.98. The van der Waals surface area contributed by atoms with Gasteiger partial charge in [-0.2, -0.15) is 11.8 Å². The lowest BCUT2D eigenvalue weighted by atomic mass is 10.1. The number of nitrogens with one attached hydrogen (secondary N) is 1. The van der Waals surface area contributed by atoms with Crippen LogP contribution in [0.1, 0.15) is 30.0 Å². The van der Waals surface area contributed by atoms with E-state index in [9.17, 15) is 9.90 Å². The molecule has 7 heteroatoms.